The fourth-order valence-corrected chi connectivity index (χ4v) is 6.58. The van der Waals surface area contributed by atoms with E-state index in [0.717, 1.165) is 42.9 Å². The number of methoxy groups -OCH3 is 2. The smallest absolute Gasteiger partial charge is 0.259 e. The van der Waals surface area contributed by atoms with E-state index in [0.29, 0.717) is 35.4 Å². The van der Waals surface area contributed by atoms with Crippen LogP contribution in [0, 0.1) is 11.8 Å². The summed E-state index contributed by atoms with van der Waals surface area (Å²) in [4.78, 5) is 32.4. The second-order valence-corrected chi connectivity index (χ2v) is 11.5. The van der Waals surface area contributed by atoms with E-state index >= 15 is 0 Å². The van der Waals surface area contributed by atoms with Crippen LogP contribution in [-0.4, -0.2) is 57.1 Å². The van der Waals surface area contributed by atoms with Crippen molar-refractivity contribution in [2.24, 2.45) is 11.8 Å². The van der Waals surface area contributed by atoms with Gasteiger partial charge in [-0.3, -0.25) is 14.5 Å². The van der Waals surface area contributed by atoms with Crippen molar-refractivity contribution in [2.45, 2.75) is 38.6 Å². The Morgan fingerprint density at radius 2 is 1.49 bits per heavy atom. The Kier molecular flexibility index (Phi) is 8.93. The van der Waals surface area contributed by atoms with Gasteiger partial charge in [-0.15, -0.1) is 0 Å². The summed E-state index contributed by atoms with van der Waals surface area (Å²) in [7, 11) is 3.24. The zero-order chi connectivity index (χ0) is 28.9. The van der Waals surface area contributed by atoms with Gasteiger partial charge in [0.2, 0.25) is 5.91 Å². The maximum absolute atomic E-state index is 14.1. The van der Waals surface area contributed by atoms with Crippen LogP contribution in [0.2, 0.25) is 0 Å². The number of ether oxygens (including phenoxy) is 2. The normalized spacial score (nSPS) is 22.6. The van der Waals surface area contributed by atoms with E-state index in [-0.39, 0.29) is 11.8 Å². The van der Waals surface area contributed by atoms with E-state index in [1.807, 2.05) is 72.8 Å². The average molecular weight is 556 g/mol. The summed E-state index contributed by atoms with van der Waals surface area (Å²) >= 11 is 0. The minimum absolute atomic E-state index is 0.0790. The zero-order valence-corrected chi connectivity index (χ0v) is 24.5. The molecule has 2 heterocycles. The van der Waals surface area contributed by atoms with Gasteiger partial charge in [-0.1, -0.05) is 44.2 Å². The van der Waals surface area contributed by atoms with Crippen LogP contribution in [0.5, 0.6) is 11.5 Å². The Morgan fingerprint density at radius 3 is 2.12 bits per heavy atom. The summed E-state index contributed by atoms with van der Waals surface area (Å²) in [6.45, 7) is 8.43. The highest BCUT2D eigenvalue weighted by Gasteiger charge is 2.44. The number of benzene rings is 3. The summed E-state index contributed by atoms with van der Waals surface area (Å²) in [5, 5.41) is 3.23. The molecule has 2 aliphatic heterocycles. The molecule has 2 amide bonds. The van der Waals surface area contributed by atoms with E-state index in [2.05, 4.69) is 24.1 Å². The summed E-state index contributed by atoms with van der Waals surface area (Å²) < 4.78 is 10.8. The number of fused-ring (bicyclic) bond motifs is 1. The highest BCUT2D eigenvalue weighted by molar-refractivity contribution is 6.11. The lowest BCUT2D eigenvalue weighted by Gasteiger charge is -2.42. The number of rotatable bonds is 9. The highest BCUT2D eigenvalue weighted by atomic mass is 16.5. The average Bonchev–Trinajstić information content (AvgIpc) is 2.99. The molecule has 216 valence electrons. The molecule has 3 aromatic carbocycles. The molecule has 0 bridgehead atoms. The number of nitrogens with one attached hydrogen (secondary N) is 1. The van der Waals surface area contributed by atoms with Gasteiger partial charge in [0.15, 0.2) is 0 Å². The van der Waals surface area contributed by atoms with Crippen molar-refractivity contribution in [3.05, 3.63) is 89.5 Å². The molecule has 4 atom stereocenters. The number of carbonyl (C=O) groups is 2. The molecule has 0 spiro atoms. The van der Waals surface area contributed by atoms with Gasteiger partial charge in [-0.25, -0.2) is 0 Å². The minimum Gasteiger partial charge on any atom is -0.497 e. The van der Waals surface area contributed by atoms with Crippen molar-refractivity contribution in [2.75, 3.05) is 45.3 Å². The third kappa shape index (κ3) is 6.25. The van der Waals surface area contributed by atoms with Crippen LogP contribution in [0.3, 0.4) is 0 Å². The molecule has 3 aromatic rings. The number of hydrogen-bond acceptors (Lipinski definition) is 5. The highest BCUT2D eigenvalue weighted by Crippen LogP contribution is 2.45. The Balaban J connectivity index is 1.46. The number of likely N-dealkylation sites (tertiary alicyclic amines) is 1. The molecular weight excluding hydrogens is 514 g/mol. The van der Waals surface area contributed by atoms with E-state index in [1.165, 1.54) is 6.42 Å². The maximum atomic E-state index is 14.1. The number of anilines is 1. The zero-order valence-electron chi connectivity index (χ0n) is 24.5. The Labute approximate surface area is 243 Å². The second kappa shape index (κ2) is 12.8. The predicted molar refractivity (Wildman–Crippen MR) is 162 cm³/mol. The van der Waals surface area contributed by atoms with Crippen molar-refractivity contribution in [1.82, 2.24) is 10.2 Å². The molecule has 7 heteroatoms. The molecule has 1 N–H and O–H groups in total. The lowest BCUT2D eigenvalue weighted by Crippen LogP contribution is -2.48. The van der Waals surface area contributed by atoms with Crippen molar-refractivity contribution < 1.29 is 19.1 Å². The van der Waals surface area contributed by atoms with Crippen molar-refractivity contribution in [1.29, 1.82) is 0 Å². The van der Waals surface area contributed by atoms with Crippen LogP contribution >= 0.6 is 0 Å². The van der Waals surface area contributed by atoms with Gasteiger partial charge < -0.3 is 19.7 Å². The van der Waals surface area contributed by atoms with Gasteiger partial charge >= 0.3 is 0 Å². The van der Waals surface area contributed by atoms with Crippen molar-refractivity contribution in [3.63, 3.8) is 0 Å². The Bertz CT molecular complexity index is 1330. The minimum atomic E-state index is -0.588. The quantitative estimate of drug-likeness (QED) is 0.345. The van der Waals surface area contributed by atoms with Crippen molar-refractivity contribution >= 4 is 17.5 Å². The second-order valence-electron chi connectivity index (χ2n) is 11.5. The number of carbonyl (C=O) groups excluding carboxylic acids is 2. The lowest BCUT2D eigenvalue weighted by molar-refractivity contribution is -0.123. The first kappa shape index (κ1) is 28.7. The molecule has 0 aliphatic carbocycles. The number of amides is 2. The Hall–Kier alpha value is -3.84. The maximum Gasteiger partial charge on any atom is 0.259 e. The van der Waals surface area contributed by atoms with E-state index in [1.54, 1.807) is 19.1 Å². The van der Waals surface area contributed by atoms with Gasteiger partial charge in [0.05, 0.1) is 26.2 Å². The summed E-state index contributed by atoms with van der Waals surface area (Å²) in [6, 6.07) is 22.0. The van der Waals surface area contributed by atoms with Crippen LogP contribution in [0.25, 0.3) is 0 Å². The van der Waals surface area contributed by atoms with Crippen LogP contribution in [0.4, 0.5) is 5.69 Å². The van der Waals surface area contributed by atoms with E-state index < -0.39 is 12.0 Å². The molecule has 1 fully saturated rings. The molecule has 0 unspecified atom stereocenters. The molecule has 0 aromatic heterocycles. The molecule has 41 heavy (non-hydrogen) atoms. The summed E-state index contributed by atoms with van der Waals surface area (Å²) in [5.74, 6) is 2.03. The predicted octanol–water partition coefficient (Wildman–Crippen LogP) is 5.67. The van der Waals surface area contributed by atoms with E-state index in [9.17, 15) is 9.59 Å². The molecule has 5 rings (SSSR count). The summed E-state index contributed by atoms with van der Waals surface area (Å²) in [6.07, 6.45) is 2.17. The monoisotopic (exact) mass is 555 g/mol. The van der Waals surface area contributed by atoms with Crippen LogP contribution < -0.4 is 19.7 Å². The van der Waals surface area contributed by atoms with Gasteiger partial charge in [0, 0.05) is 30.9 Å². The number of nitrogens with zero attached hydrogens (tertiary/aromatic N) is 2. The molecule has 1 saturated heterocycles. The fraction of sp³-hybridized carbons (Fsp3) is 0.412. The van der Waals surface area contributed by atoms with Gasteiger partial charge in [-0.2, -0.15) is 0 Å². The standard InChI is InChI=1S/C34H41N3O4/c1-23-20-24(2)22-36(21-23)19-7-18-35-33(38)31-29-8-5-6-9-30(29)34(39)37(26-12-16-28(41-4)17-13-26)32(31)25-10-14-27(40-3)15-11-25/h5-6,8-17,23-24,31-32H,7,18-22H2,1-4H3,(H,35,38)/t23-,24+,31-,32-/m1/s1. The number of piperidine rings is 1. The van der Waals surface area contributed by atoms with Crippen molar-refractivity contribution in [3.8, 4) is 11.5 Å². The van der Waals surface area contributed by atoms with Crippen LogP contribution in [-0.2, 0) is 4.79 Å². The van der Waals surface area contributed by atoms with Crippen LogP contribution in [0.1, 0.15) is 60.1 Å². The van der Waals surface area contributed by atoms with Gasteiger partial charge in [0.25, 0.3) is 5.91 Å². The molecule has 0 radical (unpaired) electrons. The molecule has 7 nitrogen and oxygen atoms in total. The topological polar surface area (TPSA) is 71.1 Å². The largest absolute Gasteiger partial charge is 0.497 e. The Morgan fingerprint density at radius 1 is 0.878 bits per heavy atom. The van der Waals surface area contributed by atoms with Gasteiger partial charge in [-0.05, 0) is 84.8 Å². The van der Waals surface area contributed by atoms with E-state index in [4.69, 9.17) is 9.47 Å². The van der Waals surface area contributed by atoms with Gasteiger partial charge in [0.1, 0.15) is 11.5 Å². The lowest BCUT2D eigenvalue weighted by atomic mass is 9.78. The summed E-state index contributed by atoms with van der Waals surface area (Å²) in [5.41, 5.74) is 2.86. The third-order valence-electron chi connectivity index (χ3n) is 8.32. The first-order valence-electron chi connectivity index (χ1n) is 14.6. The third-order valence-corrected chi connectivity index (χ3v) is 8.32. The fourth-order valence-electron chi connectivity index (χ4n) is 6.58. The first-order valence-corrected chi connectivity index (χ1v) is 14.6. The molecule has 2 aliphatic rings. The first-order chi connectivity index (χ1) is 19.9. The molecule has 0 saturated carbocycles. The van der Waals surface area contributed by atoms with Crippen LogP contribution in [0.15, 0.2) is 72.8 Å². The SMILES string of the molecule is COc1ccc([C@@H]2[C@H](C(=O)NCCCN3C[C@H](C)C[C@H](C)C3)c3ccccc3C(=O)N2c2ccc(OC)cc2)cc1. The number of hydrogen-bond donors (Lipinski definition) is 1. The molecular formula is C34H41N3O4.